The molecule has 1 aromatic rings. The van der Waals surface area contributed by atoms with Gasteiger partial charge in [0.25, 0.3) is 5.91 Å². The molecule has 23 heavy (non-hydrogen) atoms. The first kappa shape index (κ1) is 17.8. The molecule has 0 radical (unpaired) electrons. The number of likely N-dealkylation sites (tertiary alicyclic amines) is 1. The number of nitrogens with one attached hydrogen (secondary N) is 2. The van der Waals surface area contributed by atoms with Crippen molar-refractivity contribution in [3.63, 3.8) is 0 Å². The minimum absolute atomic E-state index is 0. The number of carbonyl (C=O) groups excluding carboxylic acids is 2. The summed E-state index contributed by atoms with van der Waals surface area (Å²) in [7, 11) is 0. The van der Waals surface area contributed by atoms with Gasteiger partial charge in [0, 0.05) is 37.7 Å². The summed E-state index contributed by atoms with van der Waals surface area (Å²) in [5.41, 5.74) is 1.76. The van der Waals surface area contributed by atoms with Crippen molar-refractivity contribution >= 4 is 24.2 Å². The van der Waals surface area contributed by atoms with E-state index in [0.717, 1.165) is 44.5 Å². The Labute approximate surface area is 143 Å². The summed E-state index contributed by atoms with van der Waals surface area (Å²) in [6, 6.07) is 7.81. The van der Waals surface area contributed by atoms with E-state index >= 15 is 0 Å². The van der Waals surface area contributed by atoms with Crippen LogP contribution in [0, 0.1) is 0 Å². The summed E-state index contributed by atoms with van der Waals surface area (Å²) in [4.78, 5) is 25.7. The van der Waals surface area contributed by atoms with Crippen LogP contribution in [0.15, 0.2) is 24.3 Å². The average molecular weight is 338 g/mol. The van der Waals surface area contributed by atoms with Gasteiger partial charge in [-0.2, -0.15) is 0 Å². The number of hydrogen-bond donors (Lipinski definition) is 2. The van der Waals surface area contributed by atoms with Crippen molar-refractivity contribution in [2.24, 2.45) is 0 Å². The normalized spacial score (nSPS) is 21.0. The van der Waals surface area contributed by atoms with Gasteiger partial charge < -0.3 is 15.5 Å². The molecule has 2 N–H and O–H groups in total. The SMILES string of the molecule is Cl.O=C(N[C@H]1CCCNC1)c1ccc(CN2CCCC2=O)cc1. The number of piperidine rings is 1. The molecule has 0 aromatic heterocycles. The third kappa shape index (κ3) is 4.69. The van der Waals surface area contributed by atoms with Crippen LogP contribution in [0.1, 0.15) is 41.6 Å². The molecule has 0 bridgehead atoms. The van der Waals surface area contributed by atoms with Gasteiger partial charge >= 0.3 is 0 Å². The number of halogens is 1. The summed E-state index contributed by atoms with van der Waals surface area (Å²) in [6.45, 7) is 3.38. The lowest BCUT2D eigenvalue weighted by Gasteiger charge is -2.23. The van der Waals surface area contributed by atoms with Gasteiger partial charge in [-0.25, -0.2) is 0 Å². The third-order valence-electron chi connectivity index (χ3n) is 4.39. The van der Waals surface area contributed by atoms with E-state index < -0.39 is 0 Å². The first-order chi connectivity index (χ1) is 10.7. The number of hydrogen-bond acceptors (Lipinski definition) is 3. The molecule has 2 aliphatic heterocycles. The molecule has 0 saturated carbocycles. The van der Waals surface area contributed by atoms with E-state index in [9.17, 15) is 9.59 Å². The number of nitrogens with zero attached hydrogens (tertiary/aromatic N) is 1. The first-order valence-electron chi connectivity index (χ1n) is 8.11. The highest BCUT2D eigenvalue weighted by Gasteiger charge is 2.20. The predicted molar refractivity (Wildman–Crippen MR) is 91.7 cm³/mol. The Morgan fingerprint density at radius 1 is 1.26 bits per heavy atom. The van der Waals surface area contributed by atoms with E-state index in [1.165, 1.54) is 0 Å². The van der Waals surface area contributed by atoms with Crippen LogP contribution >= 0.6 is 12.4 Å². The highest BCUT2D eigenvalue weighted by atomic mass is 35.5. The van der Waals surface area contributed by atoms with Crippen molar-refractivity contribution in [1.82, 2.24) is 15.5 Å². The predicted octanol–water partition coefficient (Wildman–Crippen LogP) is 1.71. The maximum absolute atomic E-state index is 12.2. The van der Waals surface area contributed by atoms with Gasteiger partial charge in [0.2, 0.25) is 5.91 Å². The topological polar surface area (TPSA) is 61.4 Å². The lowest BCUT2D eigenvalue weighted by atomic mass is 10.1. The molecule has 5 nitrogen and oxygen atoms in total. The highest BCUT2D eigenvalue weighted by Crippen LogP contribution is 2.15. The van der Waals surface area contributed by atoms with Crippen molar-refractivity contribution in [2.45, 2.75) is 38.3 Å². The van der Waals surface area contributed by atoms with E-state index in [4.69, 9.17) is 0 Å². The molecule has 3 rings (SSSR count). The number of benzene rings is 1. The summed E-state index contributed by atoms with van der Waals surface area (Å²) in [5, 5.41) is 6.36. The van der Waals surface area contributed by atoms with E-state index in [-0.39, 0.29) is 30.3 Å². The molecule has 1 aromatic carbocycles. The van der Waals surface area contributed by atoms with Crippen LogP contribution in [0.3, 0.4) is 0 Å². The quantitative estimate of drug-likeness (QED) is 0.879. The van der Waals surface area contributed by atoms with Gasteiger partial charge in [0.15, 0.2) is 0 Å². The van der Waals surface area contributed by atoms with Gasteiger partial charge in [0.1, 0.15) is 0 Å². The maximum atomic E-state index is 12.2. The molecule has 0 aliphatic carbocycles. The second-order valence-corrected chi connectivity index (χ2v) is 6.13. The Kier molecular flexibility index (Phi) is 6.42. The van der Waals surface area contributed by atoms with Gasteiger partial charge in [-0.3, -0.25) is 9.59 Å². The zero-order chi connectivity index (χ0) is 15.4. The van der Waals surface area contributed by atoms with E-state index in [0.29, 0.717) is 18.5 Å². The van der Waals surface area contributed by atoms with Crippen molar-refractivity contribution in [2.75, 3.05) is 19.6 Å². The highest BCUT2D eigenvalue weighted by molar-refractivity contribution is 5.94. The standard InChI is InChI=1S/C17H23N3O2.ClH/c21-16-4-2-10-20(16)12-13-5-7-14(8-6-13)17(22)19-15-3-1-9-18-11-15;/h5-8,15,18H,1-4,9-12H2,(H,19,22);1H/t15-;/m0./s1. The lowest BCUT2D eigenvalue weighted by molar-refractivity contribution is -0.128. The minimum Gasteiger partial charge on any atom is -0.348 e. The zero-order valence-electron chi connectivity index (χ0n) is 13.2. The maximum Gasteiger partial charge on any atom is 0.251 e. The van der Waals surface area contributed by atoms with Crippen LogP contribution in [0.2, 0.25) is 0 Å². The van der Waals surface area contributed by atoms with E-state index in [2.05, 4.69) is 10.6 Å². The van der Waals surface area contributed by atoms with Crippen LogP contribution < -0.4 is 10.6 Å². The molecule has 1 atom stereocenters. The molecule has 2 fully saturated rings. The Bertz CT molecular complexity index is 541. The fourth-order valence-electron chi connectivity index (χ4n) is 3.10. The van der Waals surface area contributed by atoms with Crippen molar-refractivity contribution < 1.29 is 9.59 Å². The van der Waals surface area contributed by atoms with Crippen LogP contribution in [0.4, 0.5) is 0 Å². The molecule has 0 spiro atoms. The van der Waals surface area contributed by atoms with Gasteiger partial charge in [0.05, 0.1) is 0 Å². The van der Waals surface area contributed by atoms with Gasteiger partial charge in [-0.05, 0) is 43.5 Å². The van der Waals surface area contributed by atoms with Crippen LogP contribution in [0.25, 0.3) is 0 Å². The minimum atomic E-state index is -0.0162. The Hall–Kier alpha value is -1.59. The fourth-order valence-corrected chi connectivity index (χ4v) is 3.10. The summed E-state index contributed by atoms with van der Waals surface area (Å²) < 4.78 is 0. The summed E-state index contributed by atoms with van der Waals surface area (Å²) in [5.74, 6) is 0.212. The first-order valence-corrected chi connectivity index (χ1v) is 8.11. The molecule has 2 amide bonds. The van der Waals surface area contributed by atoms with Crippen LogP contribution in [-0.4, -0.2) is 42.4 Å². The number of carbonyl (C=O) groups is 2. The average Bonchev–Trinajstić information content (AvgIpc) is 2.94. The molecule has 2 aliphatic rings. The summed E-state index contributed by atoms with van der Waals surface area (Å²) in [6.07, 6.45) is 3.76. The lowest BCUT2D eigenvalue weighted by Crippen LogP contribution is -2.45. The van der Waals surface area contributed by atoms with Crippen molar-refractivity contribution in [1.29, 1.82) is 0 Å². The monoisotopic (exact) mass is 337 g/mol. The van der Waals surface area contributed by atoms with Crippen LogP contribution in [0.5, 0.6) is 0 Å². The number of amides is 2. The molecule has 126 valence electrons. The third-order valence-corrected chi connectivity index (χ3v) is 4.39. The van der Waals surface area contributed by atoms with E-state index in [1.807, 2.05) is 29.2 Å². The number of rotatable bonds is 4. The largest absolute Gasteiger partial charge is 0.348 e. The Morgan fingerprint density at radius 3 is 2.65 bits per heavy atom. The van der Waals surface area contributed by atoms with Gasteiger partial charge in [-0.15, -0.1) is 12.4 Å². The summed E-state index contributed by atoms with van der Waals surface area (Å²) >= 11 is 0. The second-order valence-electron chi connectivity index (χ2n) is 6.13. The molecule has 6 heteroatoms. The smallest absolute Gasteiger partial charge is 0.251 e. The van der Waals surface area contributed by atoms with E-state index in [1.54, 1.807) is 0 Å². The molecule has 2 heterocycles. The van der Waals surface area contributed by atoms with Crippen molar-refractivity contribution in [3.8, 4) is 0 Å². The second kappa shape index (κ2) is 8.31. The molecule has 2 saturated heterocycles. The molecular weight excluding hydrogens is 314 g/mol. The Morgan fingerprint density at radius 2 is 2.04 bits per heavy atom. The molecular formula is C17H24ClN3O2. The Balaban J connectivity index is 0.00000192. The van der Waals surface area contributed by atoms with Crippen LogP contribution in [-0.2, 0) is 11.3 Å². The fraction of sp³-hybridized carbons (Fsp3) is 0.529. The molecule has 0 unspecified atom stereocenters. The zero-order valence-corrected chi connectivity index (χ0v) is 14.0. The van der Waals surface area contributed by atoms with Gasteiger partial charge in [-0.1, -0.05) is 12.1 Å². The van der Waals surface area contributed by atoms with Crippen molar-refractivity contribution in [3.05, 3.63) is 35.4 Å².